The molecule has 0 saturated heterocycles. The molecule has 7 aromatic heterocycles. The molecule has 1 aromatic carbocycles. The molecular formula is C53H77N11O5. The molecule has 16 nitrogen and oxygen atoms in total. The van der Waals surface area contributed by atoms with Gasteiger partial charge in [0.1, 0.15) is 17.3 Å². The van der Waals surface area contributed by atoms with Crippen molar-refractivity contribution in [2.24, 2.45) is 0 Å². The van der Waals surface area contributed by atoms with E-state index in [9.17, 15) is 0 Å². The van der Waals surface area contributed by atoms with Crippen molar-refractivity contribution in [1.29, 1.82) is 0 Å². The second kappa shape index (κ2) is 27.1. The third-order valence-electron chi connectivity index (χ3n) is 9.56. The van der Waals surface area contributed by atoms with Gasteiger partial charge in [0.15, 0.2) is 11.5 Å². The molecule has 0 saturated carbocycles. The number of hydrogen-bond donors (Lipinski definition) is 0. The molecule has 0 bridgehead atoms. The average molecular weight is 948 g/mol. The van der Waals surface area contributed by atoms with Gasteiger partial charge in [-0.15, -0.1) is 0 Å². The second-order valence-electron chi connectivity index (χ2n) is 19.3. The van der Waals surface area contributed by atoms with Gasteiger partial charge in [0, 0.05) is 60.2 Å². The lowest BCUT2D eigenvalue weighted by Gasteiger charge is -2.18. The summed E-state index contributed by atoms with van der Waals surface area (Å²) in [5.74, 6) is 5.60. The number of aryl methyl sites for hydroxylation is 2. The Morgan fingerprint density at radius 1 is 0.536 bits per heavy atom. The van der Waals surface area contributed by atoms with Gasteiger partial charge in [-0.1, -0.05) is 57.1 Å². The zero-order chi connectivity index (χ0) is 51.3. The predicted molar refractivity (Wildman–Crippen MR) is 273 cm³/mol. The van der Waals surface area contributed by atoms with Gasteiger partial charge in [0.05, 0.1) is 73.9 Å². The van der Waals surface area contributed by atoms with Crippen molar-refractivity contribution in [2.75, 3.05) is 14.2 Å². The number of rotatable bonds is 9. The molecule has 7 heterocycles. The van der Waals surface area contributed by atoms with Crippen LogP contribution in [-0.2, 0) is 11.1 Å². The van der Waals surface area contributed by atoms with Crippen LogP contribution < -0.4 is 14.2 Å². The number of methoxy groups -OCH3 is 2. The number of hydrogen-bond acceptors (Lipinski definition) is 12. The van der Waals surface area contributed by atoms with Gasteiger partial charge >= 0.3 is 0 Å². The van der Waals surface area contributed by atoms with Gasteiger partial charge < -0.3 is 23.3 Å². The van der Waals surface area contributed by atoms with Gasteiger partial charge in [0.2, 0.25) is 0 Å². The summed E-state index contributed by atoms with van der Waals surface area (Å²) in [7, 11) is 3.21. The Balaban J connectivity index is 0.000000223. The molecule has 8 aromatic rings. The van der Waals surface area contributed by atoms with Crippen LogP contribution in [0.4, 0.5) is 0 Å². The van der Waals surface area contributed by atoms with E-state index in [1.165, 1.54) is 5.56 Å². The van der Waals surface area contributed by atoms with Crippen LogP contribution in [0.25, 0.3) is 11.3 Å². The highest BCUT2D eigenvalue weighted by Gasteiger charge is 2.16. The summed E-state index contributed by atoms with van der Waals surface area (Å²) in [6.07, 6.45) is 16.8. The molecule has 0 unspecified atom stereocenters. The van der Waals surface area contributed by atoms with Gasteiger partial charge in [-0.3, -0.25) is 23.7 Å². The molecule has 8 rings (SSSR count). The Bertz CT molecular complexity index is 2490. The van der Waals surface area contributed by atoms with Gasteiger partial charge in [0.25, 0.3) is 5.88 Å². The average Bonchev–Trinajstić information content (AvgIpc) is 4.17. The minimum Gasteiger partial charge on any atom is -0.493 e. The molecule has 0 fully saturated rings. The first-order valence-corrected chi connectivity index (χ1v) is 23.3. The minimum absolute atomic E-state index is 0.0156. The topological polar surface area (TPSA) is 164 Å². The maximum Gasteiger partial charge on any atom is 0.254 e. The summed E-state index contributed by atoms with van der Waals surface area (Å²) in [6.45, 7) is 33.3. The van der Waals surface area contributed by atoms with E-state index in [1.807, 2.05) is 138 Å². The highest BCUT2D eigenvalue weighted by Crippen LogP contribution is 2.24. The van der Waals surface area contributed by atoms with Crippen LogP contribution in [0.2, 0.25) is 0 Å². The second-order valence-corrected chi connectivity index (χ2v) is 19.3. The van der Waals surface area contributed by atoms with E-state index in [-0.39, 0.29) is 11.1 Å². The minimum atomic E-state index is -0.0156. The summed E-state index contributed by atoms with van der Waals surface area (Å²) in [5.41, 5.74) is 4.21. The molecule has 374 valence electrons. The van der Waals surface area contributed by atoms with E-state index >= 15 is 0 Å². The van der Waals surface area contributed by atoms with Gasteiger partial charge in [-0.05, 0) is 118 Å². The first-order valence-electron chi connectivity index (χ1n) is 23.3. The van der Waals surface area contributed by atoms with E-state index in [2.05, 4.69) is 119 Å². The Kier molecular flexibility index (Phi) is 22.2. The maximum atomic E-state index is 5.67. The van der Waals surface area contributed by atoms with E-state index in [1.54, 1.807) is 38.9 Å². The highest BCUT2D eigenvalue weighted by molar-refractivity contribution is 5.56. The fourth-order valence-corrected chi connectivity index (χ4v) is 5.43. The zero-order valence-electron chi connectivity index (χ0n) is 44.2. The van der Waals surface area contributed by atoms with E-state index in [0.717, 1.165) is 45.7 Å². The standard InChI is InChI=1S/C13H16N2O.C12H15N3.C7H12N2O.C7H12N2.C7H11NO2.C7H11NO/c1-13(2,3)15-10-12(9-14-15)16-11-7-5-4-6-8-11;1-12(2,3)15-9-10(8-14-15)11-6-4-5-7-13-11;1-6(2)9-5-7(10-3)4-8-9;1-6(2)9-5-7(3)4-8-9;1-5(2)6-4-7(9-3)8-10-6;1-5(2)7-4-6(3)8-9-7/h4-10H,1-3H3;4-9H,1-3H3;4-6H,1-3H3;4-6H,1-3H3;4-5H,1-3H3;4-5H,1-3H3. The van der Waals surface area contributed by atoms with Crippen molar-refractivity contribution in [2.45, 2.75) is 146 Å². The molecule has 69 heavy (non-hydrogen) atoms. The van der Waals surface area contributed by atoms with Crippen LogP contribution in [0, 0.1) is 13.8 Å². The highest BCUT2D eigenvalue weighted by atomic mass is 16.5. The lowest BCUT2D eigenvalue weighted by atomic mass is 10.1. The van der Waals surface area contributed by atoms with E-state index in [0.29, 0.717) is 29.8 Å². The molecule has 0 atom stereocenters. The van der Waals surface area contributed by atoms with Crippen LogP contribution in [-0.4, -0.2) is 68.6 Å². The zero-order valence-corrected chi connectivity index (χ0v) is 44.2. The number of para-hydroxylation sites is 1. The molecule has 0 radical (unpaired) electrons. The quantitative estimate of drug-likeness (QED) is 0.135. The normalized spacial score (nSPS) is 11.0. The summed E-state index contributed by atoms with van der Waals surface area (Å²) < 4.78 is 33.1. The van der Waals surface area contributed by atoms with E-state index < -0.39 is 0 Å². The molecule has 0 aliphatic rings. The largest absolute Gasteiger partial charge is 0.493 e. The van der Waals surface area contributed by atoms with E-state index in [4.69, 9.17) is 23.3 Å². The smallest absolute Gasteiger partial charge is 0.254 e. The molecule has 0 spiro atoms. The van der Waals surface area contributed by atoms with Crippen molar-refractivity contribution in [3.63, 3.8) is 0 Å². The lowest BCUT2D eigenvalue weighted by Crippen LogP contribution is -2.21. The summed E-state index contributed by atoms with van der Waals surface area (Å²) in [4.78, 5) is 4.29. The number of pyridine rings is 1. The van der Waals surface area contributed by atoms with Crippen LogP contribution in [0.15, 0.2) is 125 Å². The SMILES string of the molecule is CC(C)(C)n1cc(-c2ccccn2)cn1.CC(C)(C)n1cc(Oc2ccccc2)cn1.COc1cc(C(C)C)on1.COc1cnn(C(C)C)c1.Cc1cc(C(C)C)on1.Cc1cnn(C(C)C)c1. The monoisotopic (exact) mass is 948 g/mol. The van der Waals surface area contributed by atoms with Crippen LogP contribution in [0.1, 0.15) is 144 Å². The molecule has 16 heteroatoms. The fraction of sp³-hybridized carbons (Fsp3) is 0.453. The third kappa shape index (κ3) is 20.0. The number of benzene rings is 1. The molecular weight excluding hydrogens is 871 g/mol. The van der Waals surface area contributed by atoms with Crippen molar-refractivity contribution < 1.29 is 23.3 Å². The Labute approximate surface area is 410 Å². The summed E-state index contributed by atoms with van der Waals surface area (Å²) in [5, 5.41) is 24.2. The van der Waals surface area contributed by atoms with Crippen molar-refractivity contribution in [3.8, 4) is 34.4 Å². The molecule has 0 N–H and O–H groups in total. The summed E-state index contributed by atoms with van der Waals surface area (Å²) in [6, 6.07) is 20.2. The van der Waals surface area contributed by atoms with Crippen LogP contribution in [0.5, 0.6) is 23.1 Å². The molecule has 0 aliphatic carbocycles. The van der Waals surface area contributed by atoms with Crippen LogP contribution >= 0.6 is 0 Å². The fourth-order valence-electron chi connectivity index (χ4n) is 5.43. The lowest BCUT2D eigenvalue weighted by molar-refractivity contribution is 0.321. The number of nitrogens with zero attached hydrogens (tertiary/aromatic N) is 11. The van der Waals surface area contributed by atoms with Crippen LogP contribution in [0.3, 0.4) is 0 Å². The Morgan fingerprint density at radius 2 is 1.09 bits per heavy atom. The number of aromatic nitrogens is 11. The Hall–Kier alpha value is -6.97. The number of ether oxygens (including phenoxy) is 3. The third-order valence-corrected chi connectivity index (χ3v) is 9.56. The first kappa shape index (κ1) is 56.4. The van der Waals surface area contributed by atoms with Crippen molar-refractivity contribution >= 4 is 0 Å². The first-order chi connectivity index (χ1) is 32.5. The van der Waals surface area contributed by atoms with Crippen molar-refractivity contribution in [3.05, 3.63) is 139 Å². The van der Waals surface area contributed by atoms with Gasteiger partial charge in [-0.2, -0.15) is 20.4 Å². The molecule has 0 amide bonds. The van der Waals surface area contributed by atoms with Gasteiger partial charge in [-0.25, -0.2) is 0 Å². The Morgan fingerprint density at radius 3 is 1.48 bits per heavy atom. The molecule has 0 aliphatic heterocycles. The van der Waals surface area contributed by atoms with Crippen molar-refractivity contribution in [1.82, 2.24) is 54.4 Å². The summed E-state index contributed by atoms with van der Waals surface area (Å²) >= 11 is 0. The maximum absolute atomic E-state index is 5.67. The predicted octanol–water partition coefficient (Wildman–Crippen LogP) is 13.3.